The first kappa shape index (κ1) is 12.0. The second-order valence-electron chi connectivity index (χ2n) is 4.63. The number of aryl methyl sites for hydroxylation is 1. The van der Waals surface area contributed by atoms with Crippen molar-refractivity contribution < 1.29 is 9.47 Å². The molecule has 19 heavy (non-hydrogen) atoms. The van der Waals surface area contributed by atoms with Crippen LogP contribution in [0.1, 0.15) is 11.6 Å². The van der Waals surface area contributed by atoms with E-state index in [4.69, 9.17) is 9.47 Å². The number of benzene rings is 1. The molecule has 100 valence electrons. The molecule has 1 aliphatic rings. The van der Waals surface area contributed by atoms with E-state index in [9.17, 15) is 0 Å². The van der Waals surface area contributed by atoms with Gasteiger partial charge >= 0.3 is 0 Å². The summed E-state index contributed by atoms with van der Waals surface area (Å²) in [5, 5.41) is 7.48. The van der Waals surface area contributed by atoms with Gasteiger partial charge in [0.25, 0.3) is 0 Å². The first-order valence-corrected chi connectivity index (χ1v) is 6.32. The van der Waals surface area contributed by atoms with Crippen LogP contribution in [0.2, 0.25) is 0 Å². The molecular weight excluding hydrogens is 242 g/mol. The average Bonchev–Trinajstić information content (AvgIpc) is 2.86. The topological polar surface area (TPSA) is 48.3 Å². The number of fused-ring (bicyclic) bond motifs is 1. The maximum absolute atomic E-state index is 6.02. The van der Waals surface area contributed by atoms with Crippen molar-refractivity contribution in [3.63, 3.8) is 0 Å². The highest BCUT2D eigenvalue weighted by Gasteiger charge is 2.29. The normalized spacial score (nSPS) is 19.2. The smallest absolute Gasteiger partial charge is 0.161 e. The lowest BCUT2D eigenvalue weighted by atomic mass is 10.0. The van der Waals surface area contributed by atoms with Gasteiger partial charge in [0.1, 0.15) is 6.61 Å². The molecule has 1 aromatic carbocycles. The van der Waals surface area contributed by atoms with Gasteiger partial charge in [0.2, 0.25) is 0 Å². The lowest BCUT2D eigenvalue weighted by Gasteiger charge is -2.31. The lowest BCUT2D eigenvalue weighted by molar-refractivity contribution is 0.0638. The van der Waals surface area contributed by atoms with Crippen LogP contribution in [0.15, 0.2) is 36.7 Å². The predicted molar refractivity (Wildman–Crippen MR) is 71.4 cm³/mol. The number of nitrogens with one attached hydrogen (secondary N) is 1. The zero-order valence-corrected chi connectivity index (χ0v) is 11.0. The standard InChI is InChI=1S/C14H17N3O2/c1-15-14(10-7-16-17(2)8-10)13-9-18-11-5-3-4-6-12(11)19-13/h3-8,13-15H,9H2,1-2H3. The molecule has 0 bridgehead atoms. The van der Waals surface area contributed by atoms with E-state index in [1.54, 1.807) is 4.68 Å². The summed E-state index contributed by atoms with van der Waals surface area (Å²) in [6.07, 6.45) is 3.78. The Balaban J connectivity index is 1.83. The third-order valence-electron chi connectivity index (χ3n) is 3.30. The van der Waals surface area contributed by atoms with Crippen molar-refractivity contribution in [3.8, 4) is 11.5 Å². The summed E-state index contributed by atoms with van der Waals surface area (Å²) in [7, 11) is 3.82. The van der Waals surface area contributed by atoms with Crippen LogP contribution in [0.25, 0.3) is 0 Å². The summed E-state index contributed by atoms with van der Waals surface area (Å²) in [5.74, 6) is 1.60. The maximum Gasteiger partial charge on any atom is 0.161 e. The molecule has 1 N–H and O–H groups in total. The fourth-order valence-corrected chi connectivity index (χ4v) is 2.37. The summed E-state index contributed by atoms with van der Waals surface area (Å²) in [6.45, 7) is 0.525. The van der Waals surface area contributed by atoms with E-state index >= 15 is 0 Å². The van der Waals surface area contributed by atoms with E-state index in [2.05, 4.69) is 10.4 Å². The largest absolute Gasteiger partial charge is 0.486 e. The van der Waals surface area contributed by atoms with Crippen LogP contribution in [0.4, 0.5) is 0 Å². The molecule has 2 unspecified atom stereocenters. The van der Waals surface area contributed by atoms with Gasteiger partial charge in [0.05, 0.1) is 12.2 Å². The van der Waals surface area contributed by atoms with E-state index in [0.29, 0.717) is 6.61 Å². The fourth-order valence-electron chi connectivity index (χ4n) is 2.37. The Morgan fingerprint density at radius 1 is 1.37 bits per heavy atom. The van der Waals surface area contributed by atoms with E-state index in [-0.39, 0.29) is 12.1 Å². The van der Waals surface area contributed by atoms with Gasteiger partial charge in [-0.2, -0.15) is 5.10 Å². The minimum absolute atomic E-state index is 0.0575. The van der Waals surface area contributed by atoms with Crippen molar-refractivity contribution in [2.24, 2.45) is 7.05 Å². The van der Waals surface area contributed by atoms with Gasteiger partial charge in [-0.15, -0.1) is 0 Å². The summed E-state index contributed by atoms with van der Waals surface area (Å²) in [5.41, 5.74) is 1.10. The van der Waals surface area contributed by atoms with Crippen LogP contribution in [0.5, 0.6) is 11.5 Å². The second kappa shape index (κ2) is 4.93. The second-order valence-corrected chi connectivity index (χ2v) is 4.63. The van der Waals surface area contributed by atoms with Crippen LogP contribution in [-0.4, -0.2) is 29.5 Å². The Kier molecular flexibility index (Phi) is 3.13. The van der Waals surface area contributed by atoms with E-state index in [0.717, 1.165) is 17.1 Å². The third-order valence-corrected chi connectivity index (χ3v) is 3.30. The SMILES string of the molecule is CNC(c1cnn(C)c1)C1COc2ccccc2O1. The number of hydrogen-bond donors (Lipinski definition) is 1. The number of ether oxygens (including phenoxy) is 2. The molecule has 0 fully saturated rings. The van der Waals surface area contributed by atoms with Crippen LogP contribution in [0, 0.1) is 0 Å². The Morgan fingerprint density at radius 2 is 2.16 bits per heavy atom. The van der Waals surface area contributed by atoms with Gasteiger partial charge < -0.3 is 14.8 Å². The van der Waals surface area contributed by atoms with Gasteiger partial charge in [-0.3, -0.25) is 4.68 Å². The molecule has 1 aromatic heterocycles. The fraction of sp³-hybridized carbons (Fsp3) is 0.357. The number of para-hydroxylation sites is 2. The molecule has 3 rings (SSSR count). The predicted octanol–water partition coefficient (Wildman–Crippen LogP) is 1.52. The summed E-state index contributed by atoms with van der Waals surface area (Å²) >= 11 is 0. The number of hydrogen-bond acceptors (Lipinski definition) is 4. The molecule has 0 saturated heterocycles. The number of rotatable bonds is 3. The molecule has 1 aliphatic heterocycles. The average molecular weight is 259 g/mol. The zero-order chi connectivity index (χ0) is 13.2. The number of likely N-dealkylation sites (N-methyl/N-ethyl adjacent to an activating group) is 1. The minimum atomic E-state index is -0.0656. The molecule has 5 heteroatoms. The highest BCUT2D eigenvalue weighted by atomic mass is 16.6. The molecule has 0 spiro atoms. The monoisotopic (exact) mass is 259 g/mol. The van der Waals surface area contributed by atoms with Crippen molar-refractivity contribution >= 4 is 0 Å². The highest BCUT2D eigenvalue weighted by molar-refractivity contribution is 5.41. The molecule has 0 amide bonds. The summed E-state index contributed by atoms with van der Waals surface area (Å²) in [6, 6.07) is 7.80. The molecule has 2 aromatic rings. The van der Waals surface area contributed by atoms with Crippen molar-refractivity contribution in [3.05, 3.63) is 42.2 Å². The van der Waals surface area contributed by atoms with Crippen LogP contribution < -0.4 is 14.8 Å². The summed E-state index contributed by atoms with van der Waals surface area (Å²) < 4.78 is 13.6. The zero-order valence-electron chi connectivity index (χ0n) is 11.0. The van der Waals surface area contributed by atoms with Gasteiger partial charge in [-0.25, -0.2) is 0 Å². The molecular formula is C14H17N3O2. The van der Waals surface area contributed by atoms with Gasteiger partial charge in [0, 0.05) is 18.8 Å². The van der Waals surface area contributed by atoms with Crippen LogP contribution in [-0.2, 0) is 7.05 Å². The van der Waals surface area contributed by atoms with Gasteiger partial charge in [-0.1, -0.05) is 12.1 Å². The lowest BCUT2D eigenvalue weighted by Crippen LogP contribution is -2.40. The first-order chi connectivity index (χ1) is 9.28. The Hall–Kier alpha value is -2.01. The van der Waals surface area contributed by atoms with Crippen LogP contribution >= 0.6 is 0 Å². The summed E-state index contributed by atoms with van der Waals surface area (Å²) in [4.78, 5) is 0. The van der Waals surface area contributed by atoms with Crippen LogP contribution in [0.3, 0.4) is 0 Å². The van der Waals surface area contributed by atoms with Gasteiger partial charge in [0.15, 0.2) is 17.6 Å². The third kappa shape index (κ3) is 2.29. The molecule has 5 nitrogen and oxygen atoms in total. The Bertz CT molecular complexity index is 567. The molecule has 0 aliphatic carbocycles. The number of aromatic nitrogens is 2. The molecule has 2 heterocycles. The first-order valence-electron chi connectivity index (χ1n) is 6.32. The van der Waals surface area contributed by atoms with E-state index < -0.39 is 0 Å². The van der Waals surface area contributed by atoms with Crippen molar-refractivity contribution in [1.82, 2.24) is 15.1 Å². The van der Waals surface area contributed by atoms with E-state index in [1.807, 2.05) is 50.8 Å². The highest BCUT2D eigenvalue weighted by Crippen LogP contribution is 2.34. The quantitative estimate of drug-likeness (QED) is 0.908. The molecule has 0 radical (unpaired) electrons. The van der Waals surface area contributed by atoms with Crippen molar-refractivity contribution in [2.45, 2.75) is 12.1 Å². The van der Waals surface area contributed by atoms with Crippen molar-refractivity contribution in [2.75, 3.05) is 13.7 Å². The molecule has 2 atom stereocenters. The van der Waals surface area contributed by atoms with Gasteiger partial charge in [-0.05, 0) is 19.2 Å². The Morgan fingerprint density at radius 3 is 2.84 bits per heavy atom. The Labute approximate surface area is 112 Å². The van der Waals surface area contributed by atoms with E-state index in [1.165, 1.54) is 0 Å². The molecule has 0 saturated carbocycles. The minimum Gasteiger partial charge on any atom is -0.486 e. The number of nitrogens with zero attached hydrogens (tertiary/aromatic N) is 2. The van der Waals surface area contributed by atoms with Crippen molar-refractivity contribution in [1.29, 1.82) is 0 Å². The maximum atomic E-state index is 6.02.